The highest BCUT2D eigenvalue weighted by atomic mass is 79.9. The number of rotatable bonds is 1. The molecule has 0 bridgehead atoms. The maximum absolute atomic E-state index is 11.8. The fourth-order valence-electron chi connectivity index (χ4n) is 1.38. The van der Waals surface area contributed by atoms with E-state index in [0.717, 1.165) is 4.47 Å². The van der Waals surface area contributed by atoms with E-state index in [1.165, 1.54) is 16.7 Å². The van der Waals surface area contributed by atoms with Gasteiger partial charge in [0.1, 0.15) is 10.1 Å². The lowest BCUT2D eigenvalue weighted by Crippen LogP contribution is -2.22. The van der Waals surface area contributed by atoms with E-state index in [1.54, 1.807) is 25.3 Å². The minimum absolute atomic E-state index is 0.0544. The Bertz CT molecular complexity index is 589. The third-order valence-electron chi connectivity index (χ3n) is 2.33. The Morgan fingerprint density at radius 1 is 1.56 bits per heavy atom. The van der Waals surface area contributed by atoms with Gasteiger partial charge in [0.15, 0.2) is 0 Å². The van der Waals surface area contributed by atoms with Gasteiger partial charge >= 0.3 is 0 Å². The summed E-state index contributed by atoms with van der Waals surface area (Å²) >= 11 is 15.4. The molecule has 1 aliphatic heterocycles. The summed E-state index contributed by atoms with van der Waals surface area (Å²) in [7, 11) is 1.62. The Hall–Kier alpha value is -0.560. The van der Waals surface area contributed by atoms with E-state index >= 15 is 0 Å². The largest absolute Gasteiger partial charge is 0.506 e. The number of aromatic hydroxyl groups is 1. The van der Waals surface area contributed by atoms with Gasteiger partial charge in [-0.1, -0.05) is 51.5 Å². The maximum atomic E-state index is 11.8. The van der Waals surface area contributed by atoms with Crippen molar-refractivity contribution in [2.75, 3.05) is 7.05 Å². The molecular weight excluding hydrogens is 358 g/mol. The van der Waals surface area contributed by atoms with E-state index in [0.29, 0.717) is 14.8 Å². The van der Waals surface area contributed by atoms with Gasteiger partial charge in [-0.2, -0.15) is 0 Å². The second-order valence-electron chi connectivity index (χ2n) is 3.57. The summed E-state index contributed by atoms with van der Waals surface area (Å²) in [6, 6.07) is 3.27. The van der Waals surface area contributed by atoms with Crippen LogP contribution in [-0.2, 0) is 4.79 Å². The number of likely N-dealkylation sites (N-methyl/N-ethyl adjacent to an activating group) is 1. The van der Waals surface area contributed by atoms with E-state index in [1.807, 2.05) is 0 Å². The Morgan fingerprint density at radius 2 is 2.22 bits per heavy atom. The number of nitrogens with zero attached hydrogens (tertiary/aromatic N) is 1. The molecule has 1 N–H and O–H groups in total. The van der Waals surface area contributed by atoms with Crippen LogP contribution in [0.1, 0.15) is 5.56 Å². The van der Waals surface area contributed by atoms with Crippen LogP contribution in [0.2, 0.25) is 5.02 Å². The van der Waals surface area contributed by atoms with Crippen LogP contribution < -0.4 is 0 Å². The number of thioether (sulfide) groups is 1. The number of carbonyl (C=O) groups is 1. The molecule has 1 heterocycles. The lowest BCUT2D eigenvalue weighted by molar-refractivity contribution is -0.121. The Kier molecular flexibility index (Phi) is 4.01. The summed E-state index contributed by atoms with van der Waals surface area (Å²) in [5.41, 5.74) is 0.475. The van der Waals surface area contributed by atoms with Crippen molar-refractivity contribution in [1.82, 2.24) is 4.90 Å². The summed E-state index contributed by atoms with van der Waals surface area (Å²) in [5.74, 6) is -0.235. The van der Waals surface area contributed by atoms with Gasteiger partial charge in [-0.25, -0.2) is 0 Å². The van der Waals surface area contributed by atoms with Crippen LogP contribution in [0.5, 0.6) is 5.75 Å². The minimum atomic E-state index is -0.180. The molecular formula is C11H7BrClNO2S2. The number of benzene rings is 1. The summed E-state index contributed by atoms with van der Waals surface area (Å²) in [4.78, 5) is 13.7. The van der Waals surface area contributed by atoms with Gasteiger partial charge in [-0.15, -0.1) is 0 Å². The predicted molar refractivity (Wildman–Crippen MR) is 81.8 cm³/mol. The number of phenolic OH excluding ortho intramolecular Hbond substituents is 1. The van der Waals surface area contributed by atoms with Gasteiger partial charge in [0.05, 0.1) is 9.93 Å². The van der Waals surface area contributed by atoms with Gasteiger partial charge in [0.2, 0.25) is 0 Å². The van der Waals surface area contributed by atoms with E-state index in [4.69, 9.17) is 23.8 Å². The van der Waals surface area contributed by atoms with Crippen LogP contribution in [0, 0.1) is 0 Å². The molecule has 1 aromatic rings. The molecule has 1 aromatic carbocycles. The van der Waals surface area contributed by atoms with E-state index < -0.39 is 0 Å². The lowest BCUT2D eigenvalue weighted by atomic mass is 10.2. The molecule has 0 spiro atoms. The average molecular weight is 365 g/mol. The molecule has 2 rings (SSSR count). The van der Waals surface area contributed by atoms with Gasteiger partial charge in [-0.3, -0.25) is 9.69 Å². The van der Waals surface area contributed by atoms with Crippen molar-refractivity contribution < 1.29 is 9.90 Å². The molecule has 0 aromatic heterocycles. The van der Waals surface area contributed by atoms with Crippen LogP contribution >= 0.6 is 51.5 Å². The maximum Gasteiger partial charge on any atom is 0.265 e. The number of phenols is 1. The van der Waals surface area contributed by atoms with E-state index in [2.05, 4.69) is 15.9 Å². The predicted octanol–water partition coefficient (Wildman–Crippen LogP) is 3.64. The van der Waals surface area contributed by atoms with Crippen molar-refractivity contribution in [3.8, 4) is 5.75 Å². The number of carbonyl (C=O) groups excluding carboxylic acids is 1. The molecule has 7 heteroatoms. The molecule has 1 saturated heterocycles. The van der Waals surface area contributed by atoms with Crippen molar-refractivity contribution >= 4 is 67.8 Å². The van der Waals surface area contributed by atoms with Gasteiger partial charge in [0.25, 0.3) is 5.91 Å². The van der Waals surface area contributed by atoms with E-state index in [9.17, 15) is 9.90 Å². The molecule has 0 radical (unpaired) electrons. The number of halogens is 2. The van der Waals surface area contributed by atoms with Crippen LogP contribution in [0.15, 0.2) is 21.5 Å². The minimum Gasteiger partial charge on any atom is -0.506 e. The Labute approximate surface area is 127 Å². The first-order valence-electron chi connectivity index (χ1n) is 4.79. The molecule has 18 heavy (non-hydrogen) atoms. The molecule has 1 aliphatic rings. The number of thiocarbonyl (C=S) groups is 1. The summed E-state index contributed by atoms with van der Waals surface area (Å²) in [6.07, 6.45) is 1.58. The first-order chi connectivity index (χ1) is 8.40. The Balaban J connectivity index is 2.46. The normalized spacial score (nSPS) is 17.9. The number of hydrogen-bond donors (Lipinski definition) is 1. The number of amides is 1. The summed E-state index contributed by atoms with van der Waals surface area (Å²) in [5, 5.41) is 10.1. The SMILES string of the molecule is CN1C(=O)/C(=C/c2cc(Br)cc(Cl)c2O)SC1=S. The lowest BCUT2D eigenvalue weighted by Gasteiger charge is -2.05. The fourth-order valence-corrected chi connectivity index (χ4v) is 3.39. The number of hydrogen-bond acceptors (Lipinski definition) is 4. The molecule has 1 amide bonds. The molecule has 0 saturated carbocycles. The second kappa shape index (κ2) is 5.21. The molecule has 1 fully saturated rings. The fraction of sp³-hybridized carbons (Fsp3) is 0.0909. The van der Waals surface area contributed by atoms with Crippen molar-refractivity contribution in [3.63, 3.8) is 0 Å². The first kappa shape index (κ1) is 13.9. The first-order valence-corrected chi connectivity index (χ1v) is 7.19. The second-order valence-corrected chi connectivity index (χ2v) is 6.56. The highest BCUT2D eigenvalue weighted by Gasteiger charge is 2.29. The quantitative estimate of drug-likeness (QED) is 0.610. The van der Waals surface area contributed by atoms with E-state index in [-0.39, 0.29) is 16.7 Å². The molecule has 3 nitrogen and oxygen atoms in total. The third kappa shape index (κ3) is 2.56. The van der Waals surface area contributed by atoms with Crippen molar-refractivity contribution in [2.45, 2.75) is 0 Å². The average Bonchev–Trinajstić information content (AvgIpc) is 2.53. The summed E-state index contributed by atoms with van der Waals surface area (Å²) in [6.45, 7) is 0. The monoisotopic (exact) mass is 363 g/mol. The highest BCUT2D eigenvalue weighted by Crippen LogP contribution is 2.36. The molecule has 94 valence electrons. The van der Waals surface area contributed by atoms with Crippen LogP contribution in [0.3, 0.4) is 0 Å². The van der Waals surface area contributed by atoms with Crippen molar-refractivity contribution in [3.05, 3.63) is 32.1 Å². The van der Waals surface area contributed by atoms with Gasteiger partial charge in [0, 0.05) is 17.1 Å². The zero-order valence-corrected chi connectivity index (χ0v) is 13.1. The van der Waals surface area contributed by atoms with Crippen molar-refractivity contribution in [2.24, 2.45) is 0 Å². The highest BCUT2D eigenvalue weighted by molar-refractivity contribution is 9.10. The van der Waals surface area contributed by atoms with Crippen molar-refractivity contribution in [1.29, 1.82) is 0 Å². The Morgan fingerprint density at radius 3 is 2.78 bits per heavy atom. The van der Waals surface area contributed by atoms with Crippen LogP contribution in [0.4, 0.5) is 0 Å². The van der Waals surface area contributed by atoms with Crippen LogP contribution in [0.25, 0.3) is 6.08 Å². The zero-order chi connectivity index (χ0) is 13.4. The molecule has 0 unspecified atom stereocenters. The molecule has 0 aliphatic carbocycles. The van der Waals surface area contributed by atoms with Gasteiger partial charge in [-0.05, 0) is 18.2 Å². The summed E-state index contributed by atoms with van der Waals surface area (Å²) < 4.78 is 1.22. The standard InChI is InChI=1S/C11H7BrClNO2S2/c1-14-10(16)8(18-11(14)17)3-5-2-6(12)4-7(13)9(5)15/h2-4,15H,1H3/b8-3-. The van der Waals surface area contributed by atoms with Gasteiger partial charge < -0.3 is 5.11 Å². The topological polar surface area (TPSA) is 40.5 Å². The van der Waals surface area contributed by atoms with Crippen LogP contribution in [-0.4, -0.2) is 27.3 Å². The molecule has 0 atom stereocenters. The smallest absolute Gasteiger partial charge is 0.265 e. The zero-order valence-electron chi connectivity index (χ0n) is 9.11. The third-order valence-corrected chi connectivity index (χ3v) is 4.56.